The second-order valence-electron chi connectivity index (χ2n) is 4.95. The highest BCUT2D eigenvalue weighted by molar-refractivity contribution is 7.89. The van der Waals surface area contributed by atoms with E-state index < -0.39 is 10.0 Å². The third-order valence-electron chi connectivity index (χ3n) is 3.39. The van der Waals surface area contributed by atoms with Gasteiger partial charge in [-0.15, -0.1) is 0 Å². The van der Waals surface area contributed by atoms with Crippen molar-refractivity contribution in [1.29, 1.82) is 0 Å². The number of nitrogens with zero attached hydrogens (tertiary/aromatic N) is 3. The molecule has 0 saturated heterocycles. The first-order valence-electron chi connectivity index (χ1n) is 7.21. The molecule has 0 aromatic carbocycles. The second-order valence-corrected chi connectivity index (χ2v) is 6.84. The quantitative estimate of drug-likeness (QED) is 0.748. The predicted molar refractivity (Wildman–Crippen MR) is 79.8 cm³/mol. The standard InChI is InChI=1S/C13H26N4O2S/c1-4-6-8-17(12(3)5-2)20(18,19)13-10-15-16(11-13)9-7-14/h10-12H,4-9,14H2,1-3H3. The fraction of sp³-hybridized carbons (Fsp3) is 0.769. The molecule has 0 fully saturated rings. The van der Waals surface area contributed by atoms with E-state index in [2.05, 4.69) is 12.0 Å². The molecule has 0 bridgehead atoms. The lowest BCUT2D eigenvalue weighted by Gasteiger charge is -2.26. The van der Waals surface area contributed by atoms with Crippen LogP contribution < -0.4 is 5.73 Å². The molecule has 6 nitrogen and oxygen atoms in total. The van der Waals surface area contributed by atoms with Crippen molar-refractivity contribution >= 4 is 10.0 Å². The van der Waals surface area contributed by atoms with Gasteiger partial charge in [-0.1, -0.05) is 20.3 Å². The maximum absolute atomic E-state index is 12.7. The molecule has 0 radical (unpaired) electrons. The van der Waals surface area contributed by atoms with Crippen LogP contribution in [0.25, 0.3) is 0 Å². The van der Waals surface area contributed by atoms with Crippen LogP contribution in [-0.2, 0) is 16.6 Å². The molecular formula is C13H26N4O2S. The van der Waals surface area contributed by atoms with E-state index in [0.717, 1.165) is 19.3 Å². The van der Waals surface area contributed by atoms with Crippen LogP contribution in [0.2, 0.25) is 0 Å². The van der Waals surface area contributed by atoms with Crippen molar-refractivity contribution in [3.8, 4) is 0 Å². The smallest absolute Gasteiger partial charge is 0.246 e. The van der Waals surface area contributed by atoms with Crippen molar-refractivity contribution in [1.82, 2.24) is 14.1 Å². The Morgan fingerprint density at radius 1 is 1.45 bits per heavy atom. The van der Waals surface area contributed by atoms with E-state index >= 15 is 0 Å². The largest absolute Gasteiger partial charge is 0.329 e. The maximum atomic E-state index is 12.7. The molecule has 0 aliphatic rings. The van der Waals surface area contributed by atoms with Gasteiger partial charge in [0.2, 0.25) is 10.0 Å². The summed E-state index contributed by atoms with van der Waals surface area (Å²) >= 11 is 0. The molecule has 20 heavy (non-hydrogen) atoms. The van der Waals surface area contributed by atoms with Crippen molar-refractivity contribution in [2.24, 2.45) is 5.73 Å². The van der Waals surface area contributed by atoms with Crippen LogP contribution in [0.1, 0.15) is 40.0 Å². The van der Waals surface area contributed by atoms with E-state index in [1.165, 1.54) is 6.20 Å². The first-order valence-corrected chi connectivity index (χ1v) is 8.65. The molecule has 1 aromatic heterocycles. The lowest BCUT2D eigenvalue weighted by Crippen LogP contribution is -2.38. The van der Waals surface area contributed by atoms with Crippen LogP contribution in [0.4, 0.5) is 0 Å². The lowest BCUT2D eigenvalue weighted by atomic mass is 10.2. The molecule has 0 saturated carbocycles. The summed E-state index contributed by atoms with van der Waals surface area (Å²) in [6, 6.07) is -0.00981. The first-order chi connectivity index (χ1) is 9.47. The number of sulfonamides is 1. The Hall–Kier alpha value is -0.920. The molecule has 1 atom stereocenters. The molecule has 7 heteroatoms. The van der Waals surface area contributed by atoms with Gasteiger partial charge in [-0.3, -0.25) is 4.68 Å². The van der Waals surface area contributed by atoms with Gasteiger partial charge in [0, 0.05) is 25.3 Å². The molecule has 2 N–H and O–H groups in total. The highest BCUT2D eigenvalue weighted by Gasteiger charge is 2.28. The molecule has 1 heterocycles. The highest BCUT2D eigenvalue weighted by Crippen LogP contribution is 2.19. The summed E-state index contributed by atoms with van der Waals surface area (Å²) in [5, 5.41) is 4.05. The first kappa shape index (κ1) is 17.1. The van der Waals surface area contributed by atoms with Crippen LogP contribution in [0.3, 0.4) is 0 Å². The van der Waals surface area contributed by atoms with Gasteiger partial charge in [-0.2, -0.15) is 9.40 Å². The van der Waals surface area contributed by atoms with E-state index in [4.69, 9.17) is 5.73 Å². The number of unbranched alkanes of at least 4 members (excludes halogenated alkanes) is 1. The van der Waals surface area contributed by atoms with Crippen molar-refractivity contribution in [2.45, 2.75) is 57.5 Å². The number of aromatic nitrogens is 2. The van der Waals surface area contributed by atoms with Crippen LogP contribution in [0.5, 0.6) is 0 Å². The van der Waals surface area contributed by atoms with E-state index in [0.29, 0.717) is 19.6 Å². The zero-order valence-corrected chi connectivity index (χ0v) is 13.4. The van der Waals surface area contributed by atoms with Gasteiger partial charge in [0.25, 0.3) is 0 Å². The van der Waals surface area contributed by atoms with Gasteiger partial charge >= 0.3 is 0 Å². The molecule has 1 unspecified atom stereocenters. The minimum absolute atomic E-state index is 0.00981. The van der Waals surface area contributed by atoms with Gasteiger partial charge in [-0.25, -0.2) is 8.42 Å². The summed E-state index contributed by atoms with van der Waals surface area (Å²) < 4.78 is 28.5. The van der Waals surface area contributed by atoms with Crippen molar-refractivity contribution in [3.05, 3.63) is 12.4 Å². The SMILES string of the molecule is CCCCN(C(C)CC)S(=O)(=O)c1cnn(CCN)c1. The monoisotopic (exact) mass is 302 g/mol. The summed E-state index contributed by atoms with van der Waals surface area (Å²) in [7, 11) is -3.47. The Morgan fingerprint density at radius 3 is 2.70 bits per heavy atom. The maximum Gasteiger partial charge on any atom is 0.246 e. The van der Waals surface area contributed by atoms with Crippen LogP contribution in [0.15, 0.2) is 17.3 Å². The highest BCUT2D eigenvalue weighted by atomic mass is 32.2. The van der Waals surface area contributed by atoms with Crippen LogP contribution in [0, 0.1) is 0 Å². The van der Waals surface area contributed by atoms with E-state index in [9.17, 15) is 8.42 Å². The molecule has 0 amide bonds. The molecular weight excluding hydrogens is 276 g/mol. The third-order valence-corrected chi connectivity index (χ3v) is 5.36. The lowest BCUT2D eigenvalue weighted by molar-refractivity contribution is 0.324. The summed E-state index contributed by atoms with van der Waals surface area (Å²) in [4.78, 5) is 0.252. The van der Waals surface area contributed by atoms with Crippen molar-refractivity contribution in [3.63, 3.8) is 0 Å². The van der Waals surface area contributed by atoms with Crippen molar-refractivity contribution in [2.75, 3.05) is 13.1 Å². The Kier molecular flexibility index (Phi) is 6.64. The predicted octanol–water partition coefficient (Wildman–Crippen LogP) is 1.43. The van der Waals surface area contributed by atoms with Gasteiger partial charge in [0.1, 0.15) is 4.90 Å². The summed E-state index contributed by atoms with van der Waals surface area (Å²) in [6.07, 6.45) is 5.59. The zero-order chi connectivity index (χ0) is 15.2. The summed E-state index contributed by atoms with van der Waals surface area (Å²) in [6.45, 7) is 7.50. The minimum atomic E-state index is -3.47. The number of hydrogen-bond donors (Lipinski definition) is 1. The van der Waals surface area contributed by atoms with Crippen LogP contribution >= 0.6 is 0 Å². The van der Waals surface area contributed by atoms with Crippen LogP contribution in [-0.4, -0.2) is 41.6 Å². The van der Waals surface area contributed by atoms with Gasteiger partial charge in [-0.05, 0) is 19.8 Å². The molecule has 1 rings (SSSR count). The average Bonchev–Trinajstić information content (AvgIpc) is 2.88. The molecule has 0 aliphatic carbocycles. The van der Waals surface area contributed by atoms with Gasteiger partial charge in [0.05, 0.1) is 12.7 Å². The molecule has 0 aliphatic heterocycles. The third kappa shape index (κ3) is 4.04. The Bertz CT molecular complexity index is 498. The molecule has 0 spiro atoms. The topological polar surface area (TPSA) is 81.2 Å². The van der Waals surface area contributed by atoms with Crippen molar-refractivity contribution < 1.29 is 8.42 Å². The van der Waals surface area contributed by atoms with E-state index in [-0.39, 0.29) is 10.9 Å². The fourth-order valence-electron chi connectivity index (χ4n) is 1.96. The summed E-state index contributed by atoms with van der Waals surface area (Å²) in [5.74, 6) is 0. The second kappa shape index (κ2) is 7.75. The van der Waals surface area contributed by atoms with Gasteiger partial charge in [0.15, 0.2) is 0 Å². The number of rotatable bonds is 9. The number of hydrogen-bond acceptors (Lipinski definition) is 4. The Morgan fingerprint density at radius 2 is 2.15 bits per heavy atom. The number of nitrogens with two attached hydrogens (primary N) is 1. The average molecular weight is 302 g/mol. The zero-order valence-electron chi connectivity index (χ0n) is 12.6. The fourth-order valence-corrected chi connectivity index (χ4v) is 3.66. The van der Waals surface area contributed by atoms with E-state index in [1.807, 2.05) is 13.8 Å². The minimum Gasteiger partial charge on any atom is -0.329 e. The van der Waals surface area contributed by atoms with Gasteiger partial charge < -0.3 is 5.73 Å². The Labute approximate surface area is 122 Å². The Balaban J connectivity index is 3.01. The summed E-state index contributed by atoms with van der Waals surface area (Å²) in [5.41, 5.74) is 5.45. The van der Waals surface area contributed by atoms with E-state index in [1.54, 1.807) is 15.2 Å². The molecule has 1 aromatic rings. The normalized spacial score (nSPS) is 13.8. The molecule has 116 valence electrons.